The highest BCUT2D eigenvalue weighted by Gasteiger charge is 2.30. The van der Waals surface area contributed by atoms with Crippen LogP contribution in [-0.4, -0.2) is 54.2 Å². The van der Waals surface area contributed by atoms with E-state index >= 15 is 0 Å². The van der Waals surface area contributed by atoms with E-state index in [1.807, 2.05) is 24.3 Å². The molecular weight excluding hydrogens is 368 g/mol. The Morgan fingerprint density at radius 1 is 1.22 bits per heavy atom. The predicted octanol–water partition coefficient (Wildman–Crippen LogP) is 1.60. The Kier molecular flexibility index (Phi) is 6.21. The summed E-state index contributed by atoms with van der Waals surface area (Å²) in [4.78, 5) is 7.92. The number of aromatic nitrogens is 2. The molecule has 0 unspecified atom stereocenters. The topological polar surface area (TPSA) is 105 Å². The lowest BCUT2D eigenvalue weighted by Gasteiger charge is -2.31. The minimum absolute atomic E-state index is 0.0805. The van der Waals surface area contributed by atoms with Gasteiger partial charge in [0.2, 0.25) is 15.7 Å². The molecule has 2 heterocycles. The van der Waals surface area contributed by atoms with Crippen LogP contribution in [0.2, 0.25) is 0 Å². The van der Waals surface area contributed by atoms with Crippen LogP contribution in [-0.2, 0) is 10.0 Å². The third kappa shape index (κ3) is 5.15. The maximum Gasteiger partial charge on any atom is 0.251 e. The van der Waals surface area contributed by atoms with Crippen molar-refractivity contribution in [3.05, 3.63) is 48.4 Å². The number of ether oxygens (including phenoxy) is 2. The Morgan fingerprint density at radius 3 is 2.78 bits per heavy atom. The SMILES string of the molecule is N#Cc1nccnc1O[C@H]1CCCN(S(=O)(=O)CCOc2ccccc2)C1. The van der Waals surface area contributed by atoms with Crippen LogP contribution in [0.3, 0.4) is 0 Å². The maximum absolute atomic E-state index is 12.6. The molecule has 1 aromatic heterocycles. The highest BCUT2D eigenvalue weighted by molar-refractivity contribution is 7.89. The quantitative estimate of drug-likeness (QED) is 0.709. The molecule has 3 rings (SSSR count). The van der Waals surface area contributed by atoms with Crippen molar-refractivity contribution in [2.75, 3.05) is 25.4 Å². The summed E-state index contributed by atoms with van der Waals surface area (Å²) in [6, 6.07) is 11.0. The monoisotopic (exact) mass is 388 g/mol. The van der Waals surface area contributed by atoms with E-state index in [1.165, 1.54) is 16.7 Å². The van der Waals surface area contributed by atoms with Crippen LogP contribution in [0, 0.1) is 11.3 Å². The highest BCUT2D eigenvalue weighted by Crippen LogP contribution is 2.20. The lowest BCUT2D eigenvalue weighted by atomic mass is 10.1. The number of rotatable bonds is 7. The minimum atomic E-state index is -3.47. The molecule has 0 radical (unpaired) electrons. The zero-order chi connectivity index (χ0) is 19.1. The molecule has 1 atom stereocenters. The van der Waals surface area contributed by atoms with Gasteiger partial charge in [-0.15, -0.1) is 0 Å². The van der Waals surface area contributed by atoms with E-state index in [4.69, 9.17) is 14.7 Å². The zero-order valence-electron chi connectivity index (χ0n) is 14.7. The van der Waals surface area contributed by atoms with Crippen LogP contribution in [0.5, 0.6) is 11.6 Å². The average molecular weight is 388 g/mol. The molecule has 2 aromatic rings. The fourth-order valence-electron chi connectivity index (χ4n) is 2.81. The molecule has 27 heavy (non-hydrogen) atoms. The van der Waals surface area contributed by atoms with Crippen molar-refractivity contribution in [3.63, 3.8) is 0 Å². The average Bonchev–Trinajstić information content (AvgIpc) is 2.69. The van der Waals surface area contributed by atoms with Gasteiger partial charge in [-0.1, -0.05) is 18.2 Å². The Hall–Kier alpha value is -2.70. The Labute approximate surface area is 158 Å². The second-order valence-electron chi connectivity index (χ2n) is 6.04. The van der Waals surface area contributed by atoms with Crippen LogP contribution in [0.4, 0.5) is 0 Å². The predicted molar refractivity (Wildman–Crippen MR) is 97.7 cm³/mol. The van der Waals surface area contributed by atoms with Crippen molar-refractivity contribution >= 4 is 10.0 Å². The first-order valence-corrected chi connectivity index (χ1v) is 10.2. The molecular formula is C18H20N4O4S. The van der Waals surface area contributed by atoms with Gasteiger partial charge in [-0.05, 0) is 25.0 Å². The lowest BCUT2D eigenvalue weighted by molar-refractivity contribution is 0.123. The van der Waals surface area contributed by atoms with Gasteiger partial charge < -0.3 is 9.47 Å². The van der Waals surface area contributed by atoms with Crippen LogP contribution in [0.25, 0.3) is 0 Å². The summed E-state index contributed by atoms with van der Waals surface area (Å²) < 4.78 is 37.9. The van der Waals surface area contributed by atoms with Crippen LogP contribution in [0.1, 0.15) is 18.5 Å². The van der Waals surface area contributed by atoms with Gasteiger partial charge in [0.15, 0.2) is 0 Å². The van der Waals surface area contributed by atoms with Crippen molar-refractivity contribution in [2.45, 2.75) is 18.9 Å². The molecule has 142 valence electrons. The number of hydrogen-bond acceptors (Lipinski definition) is 7. The van der Waals surface area contributed by atoms with E-state index in [1.54, 1.807) is 12.1 Å². The van der Waals surface area contributed by atoms with Crippen molar-refractivity contribution in [1.82, 2.24) is 14.3 Å². The molecule has 1 fully saturated rings. The number of para-hydroxylation sites is 1. The normalized spacial score (nSPS) is 17.8. The first-order valence-electron chi connectivity index (χ1n) is 8.62. The summed E-state index contributed by atoms with van der Waals surface area (Å²) in [7, 11) is -3.47. The largest absolute Gasteiger partial charge is 0.492 e. The summed E-state index contributed by atoms with van der Waals surface area (Å²) >= 11 is 0. The van der Waals surface area contributed by atoms with Crippen molar-refractivity contribution in [2.24, 2.45) is 0 Å². The summed E-state index contributed by atoms with van der Waals surface area (Å²) in [6.45, 7) is 0.741. The van der Waals surface area contributed by atoms with Crippen molar-refractivity contribution in [1.29, 1.82) is 5.26 Å². The number of hydrogen-bond donors (Lipinski definition) is 0. The third-order valence-corrected chi connectivity index (χ3v) is 5.94. The smallest absolute Gasteiger partial charge is 0.251 e. The second kappa shape index (κ2) is 8.79. The lowest BCUT2D eigenvalue weighted by Crippen LogP contribution is -2.45. The fraction of sp³-hybridized carbons (Fsp3) is 0.389. The Balaban J connectivity index is 1.57. The third-order valence-electron chi connectivity index (χ3n) is 4.14. The van der Waals surface area contributed by atoms with E-state index in [9.17, 15) is 8.42 Å². The first-order chi connectivity index (χ1) is 13.1. The summed E-state index contributed by atoms with van der Waals surface area (Å²) in [6.07, 6.45) is 3.84. The summed E-state index contributed by atoms with van der Waals surface area (Å²) in [5, 5.41) is 9.07. The molecule has 8 nitrogen and oxygen atoms in total. The Morgan fingerprint density at radius 2 is 2.00 bits per heavy atom. The summed E-state index contributed by atoms with van der Waals surface area (Å²) in [5.74, 6) is 0.666. The van der Waals surface area contributed by atoms with Gasteiger partial charge in [-0.2, -0.15) is 9.57 Å². The van der Waals surface area contributed by atoms with Crippen LogP contribution >= 0.6 is 0 Å². The molecule has 0 bridgehead atoms. The Bertz CT molecular complexity index is 899. The van der Waals surface area contributed by atoms with Crippen LogP contribution in [0.15, 0.2) is 42.7 Å². The van der Waals surface area contributed by atoms with E-state index in [2.05, 4.69) is 9.97 Å². The van der Waals surface area contributed by atoms with Gasteiger partial charge in [0.1, 0.15) is 24.5 Å². The highest BCUT2D eigenvalue weighted by atomic mass is 32.2. The number of piperidine rings is 1. The number of nitriles is 1. The molecule has 1 saturated heterocycles. The van der Waals surface area contributed by atoms with Gasteiger partial charge in [-0.3, -0.25) is 0 Å². The molecule has 1 aromatic carbocycles. The molecule has 9 heteroatoms. The van der Waals surface area contributed by atoms with Crippen molar-refractivity contribution in [3.8, 4) is 17.7 Å². The van der Waals surface area contributed by atoms with Crippen molar-refractivity contribution < 1.29 is 17.9 Å². The molecule has 0 saturated carbocycles. The summed E-state index contributed by atoms with van der Waals surface area (Å²) in [5.41, 5.74) is 0.0914. The van der Waals surface area contributed by atoms with Gasteiger partial charge in [0.25, 0.3) is 5.88 Å². The standard InChI is InChI=1S/C18H20N4O4S/c19-13-17-18(21-9-8-20-17)26-16-7-4-10-22(14-16)27(23,24)12-11-25-15-5-2-1-3-6-15/h1-3,5-6,8-9,16H,4,7,10-12,14H2/t16-/m0/s1. The molecule has 0 N–H and O–H groups in total. The van der Waals surface area contributed by atoms with E-state index in [0.29, 0.717) is 25.1 Å². The van der Waals surface area contributed by atoms with Gasteiger partial charge in [0, 0.05) is 18.9 Å². The minimum Gasteiger partial charge on any atom is -0.492 e. The molecule has 1 aliphatic rings. The second-order valence-corrected chi connectivity index (χ2v) is 8.13. The number of sulfonamides is 1. The number of benzene rings is 1. The molecule has 0 amide bonds. The van der Waals surface area contributed by atoms with E-state index < -0.39 is 10.0 Å². The number of nitrogens with zero attached hydrogens (tertiary/aromatic N) is 4. The first kappa shape index (κ1) is 19.1. The van der Waals surface area contributed by atoms with E-state index in [0.717, 1.165) is 0 Å². The van der Waals surface area contributed by atoms with Gasteiger partial charge >= 0.3 is 0 Å². The molecule has 1 aliphatic heterocycles. The molecule has 0 spiro atoms. The molecule has 0 aliphatic carbocycles. The van der Waals surface area contributed by atoms with Gasteiger partial charge in [-0.25, -0.2) is 18.4 Å². The zero-order valence-corrected chi connectivity index (χ0v) is 15.5. The van der Waals surface area contributed by atoms with Gasteiger partial charge in [0.05, 0.1) is 12.3 Å². The fourth-order valence-corrected chi connectivity index (χ4v) is 4.16. The maximum atomic E-state index is 12.6. The van der Waals surface area contributed by atoms with E-state index in [-0.39, 0.29) is 36.6 Å². The van der Waals surface area contributed by atoms with Crippen LogP contribution < -0.4 is 9.47 Å².